The van der Waals surface area contributed by atoms with Crippen LogP contribution in [0, 0.1) is 0 Å². The van der Waals surface area contributed by atoms with Crippen LogP contribution >= 0.6 is 0 Å². The van der Waals surface area contributed by atoms with E-state index < -0.39 is 0 Å². The Morgan fingerprint density at radius 3 is 2.79 bits per heavy atom. The van der Waals surface area contributed by atoms with E-state index in [2.05, 4.69) is 16.4 Å². The summed E-state index contributed by atoms with van der Waals surface area (Å²) in [7, 11) is 3.60. The average molecular weight is 262 g/mol. The molecule has 0 atom stereocenters. The number of likely N-dealkylation sites (tertiary alicyclic amines) is 1. The summed E-state index contributed by atoms with van der Waals surface area (Å²) in [6.07, 6.45) is 5.70. The maximum atomic E-state index is 11.8. The Morgan fingerprint density at radius 1 is 1.47 bits per heavy atom. The van der Waals surface area contributed by atoms with Crippen molar-refractivity contribution in [2.75, 3.05) is 27.2 Å². The van der Waals surface area contributed by atoms with E-state index >= 15 is 0 Å². The number of pyridine rings is 1. The van der Waals surface area contributed by atoms with E-state index in [9.17, 15) is 4.79 Å². The zero-order valence-electron chi connectivity index (χ0n) is 11.7. The lowest BCUT2D eigenvalue weighted by molar-refractivity contribution is 0.152. The molecule has 1 fully saturated rings. The Morgan fingerprint density at radius 2 is 2.21 bits per heavy atom. The summed E-state index contributed by atoms with van der Waals surface area (Å²) in [5.74, 6) is 0. The van der Waals surface area contributed by atoms with Gasteiger partial charge >= 0.3 is 6.03 Å². The lowest BCUT2D eigenvalue weighted by atomic mass is 10.1. The fourth-order valence-electron chi connectivity index (χ4n) is 2.32. The van der Waals surface area contributed by atoms with E-state index in [4.69, 9.17) is 0 Å². The second kappa shape index (κ2) is 6.52. The zero-order chi connectivity index (χ0) is 13.7. The maximum Gasteiger partial charge on any atom is 0.319 e. The number of hydrogen-bond acceptors (Lipinski definition) is 3. The van der Waals surface area contributed by atoms with Gasteiger partial charge in [0, 0.05) is 52.2 Å². The molecule has 1 N–H and O–H groups in total. The molecule has 0 bridgehead atoms. The fraction of sp³-hybridized carbons (Fsp3) is 0.571. The molecule has 0 radical (unpaired) electrons. The summed E-state index contributed by atoms with van der Waals surface area (Å²) in [5, 5.41) is 3.54. The molecule has 0 unspecified atom stereocenters. The van der Waals surface area contributed by atoms with E-state index in [0.29, 0.717) is 6.04 Å². The molecule has 0 aliphatic carbocycles. The Hall–Kier alpha value is -1.62. The predicted molar refractivity (Wildman–Crippen MR) is 74.8 cm³/mol. The van der Waals surface area contributed by atoms with Crippen molar-refractivity contribution in [3.63, 3.8) is 0 Å². The van der Waals surface area contributed by atoms with Crippen molar-refractivity contribution in [2.45, 2.75) is 25.4 Å². The van der Waals surface area contributed by atoms with Crippen LogP contribution in [-0.2, 0) is 6.54 Å². The molecule has 2 amide bonds. The standard InChI is InChI=1S/C14H22N4O/c1-17(2)14(19)18-8-5-13(6-9-18)16-11-12-4-3-7-15-10-12/h3-4,7,10,13,16H,5-6,8-9,11H2,1-2H3. The number of rotatable bonds is 3. The minimum Gasteiger partial charge on any atom is -0.331 e. The molecular formula is C14H22N4O. The smallest absolute Gasteiger partial charge is 0.319 e. The molecule has 0 saturated carbocycles. The van der Waals surface area contributed by atoms with E-state index in [0.717, 1.165) is 32.5 Å². The predicted octanol–water partition coefficient (Wildman–Crippen LogP) is 1.32. The van der Waals surface area contributed by atoms with Gasteiger partial charge in [0.15, 0.2) is 0 Å². The molecule has 19 heavy (non-hydrogen) atoms. The third kappa shape index (κ3) is 3.92. The summed E-state index contributed by atoms with van der Waals surface area (Å²) < 4.78 is 0. The largest absolute Gasteiger partial charge is 0.331 e. The van der Waals surface area contributed by atoms with Gasteiger partial charge < -0.3 is 15.1 Å². The topological polar surface area (TPSA) is 48.5 Å². The molecule has 2 heterocycles. The number of piperidine rings is 1. The molecule has 0 spiro atoms. The highest BCUT2D eigenvalue weighted by atomic mass is 16.2. The summed E-state index contributed by atoms with van der Waals surface area (Å²) in [6.45, 7) is 2.52. The van der Waals surface area contributed by atoms with E-state index in [1.165, 1.54) is 5.56 Å². The molecule has 1 saturated heterocycles. The van der Waals surface area contributed by atoms with Crippen molar-refractivity contribution >= 4 is 6.03 Å². The molecule has 1 aliphatic heterocycles. The average Bonchev–Trinajstić information content (AvgIpc) is 2.46. The third-order valence-electron chi connectivity index (χ3n) is 3.47. The van der Waals surface area contributed by atoms with Crippen molar-refractivity contribution in [3.05, 3.63) is 30.1 Å². The van der Waals surface area contributed by atoms with Gasteiger partial charge in [-0.15, -0.1) is 0 Å². The van der Waals surface area contributed by atoms with E-state index in [1.807, 2.05) is 17.2 Å². The van der Waals surface area contributed by atoms with Crippen LogP contribution in [0.25, 0.3) is 0 Å². The molecule has 0 aromatic carbocycles. The first-order valence-corrected chi connectivity index (χ1v) is 6.75. The highest BCUT2D eigenvalue weighted by molar-refractivity contribution is 5.73. The Labute approximate surface area is 114 Å². The summed E-state index contributed by atoms with van der Waals surface area (Å²) >= 11 is 0. The highest BCUT2D eigenvalue weighted by Crippen LogP contribution is 2.12. The van der Waals surface area contributed by atoms with Gasteiger partial charge in [-0.3, -0.25) is 4.98 Å². The number of aromatic nitrogens is 1. The lowest BCUT2D eigenvalue weighted by Gasteiger charge is -2.34. The minimum absolute atomic E-state index is 0.116. The SMILES string of the molecule is CN(C)C(=O)N1CCC(NCc2cccnc2)CC1. The first-order valence-electron chi connectivity index (χ1n) is 6.75. The van der Waals surface area contributed by atoms with Crippen LogP contribution in [0.1, 0.15) is 18.4 Å². The van der Waals surface area contributed by atoms with Gasteiger partial charge in [0.05, 0.1) is 0 Å². The number of carbonyl (C=O) groups is 1. The fourth-order valence-corrected chi connectivity index (χ4v) is 2.32. The molecule has 1 aromatic heterocycles. The zero-order valence-corrected chi connectivity index (χ0v) is 11.7. The van der Waals surface area contributed by atoms with Gasteiger partial charge in [-0.1, -0.05) is 6.07 Å². The highest BCUT2D eigenvalue weighted by Gasteiger charge is 2.23. The summed E-state index contributed by atoms with van der Waals surface area (Å²) in [5.41, 5.74) is 1.20. The molecule has 5 nitrogen and oxygen atoms in total. The van der Waals surface area contributed by atoms with E-state index in [-0.39, 0.29) is 6.03 Å². The van der Waals surface area contributed by atoms with Crippen molar-refractivity contribution in [2.24, 2.45) is 0 Å². The summed E-state index contributed by atoms with van der Waals surface area (Å²) in [4.78, 5) is 19.5. The molecule has 104 valence electrons. The van der Waals surface area contributed by atoms with Gasteiger partial charge in [-0.25, -0.2) is 4.79 Å². The summed E-state index contributed by atoms with van der Waals surface area (Å²) in [6, 6.07) is 4.64. The number of urea groups is 1. The molecule has 1 aliphatic rings. The van der Waals surface area contributed by atoms with Gasteiger partial charge in [-0.05, 0) is 24.5 Å². The second-order valence-electron chi connectivity index (χ2n) is 5.18. The number of carbonyl (C=O) groups excluding carboxylic acids is 1. The third-order valence-corrected chi connectivity index (χ3v) is 3.47. The molecule has 1 aromatic rings. The Bertz CT molecular complexity index is 399. The quantitative estimate of drug-likeness (QED) is 0.893. The number of nitrogens with one attached hydrogen (secondary N) is 1. The van der Waals surface area contributed by atoms with E-state index in [1.54, 1.807) is 25.2 Å². The Kier molecular flexibility index (Phi) is 4.74. The minimum atomic E-state index is 0.116. The van der Waals surface area contributed by atoms with Crippen molar-refractivity contribution in [1.82, 2.24) is 20.1 Å². The van der Waals surface area contributed by atoms with Crippen molar-refractivity contribution in [3.8, 4) is 0 Å². The maximum absolute atomic E-state index is 11.8. The van der Waals surface area contributed by atoms with Crippen LogP contribution in [-0.4, -0.2) is 54.0 Å². The van der Waals surface area contributed by atoms with Gasteiger partial charge in [-0.2, -0.15) is 0 Å². The van der Waals surface area contributed by atoms with Crippen LogP contribution in [0.5, 0.6) is 0 Å². The monoisotopic (exact) mass is 262 g/mol. The number of amides is 2. The lowest BCUT2D eigenvalue weighted by Crippen LogP contribution is -2.47. The molecular weight excluding hydrogens is 240 g/mol. The van der Waals surface area contributed by atoms with Crippen LogP contribution < -0.4 is 5.32 Å². The first-order chi connectivity index (χ1) is 9.16. The van der Waals surface area contributed by atoms with Crippen LogP contribution in [0.4, 0.5) is 4.79 Å². The normalized spacial score (nSPS) is 16.4. The first kappa shape index (κ1) is 13.8. The molecule has 5 heteroatoms. The van der Waals surface area contributed by atoms with Crippen LogP contribution in [0.3, 0.4) is 0 Å². The van der Waals surface area contributed by atoms with Crippen LogP contribution in [0.15, 0.2) is 24.5 Å². The number of nitrogens with zero attached hydrogens (tertiary/aromatic N) is 3. The van der Waals surface area contributed by atoms with Crippen molar-refractivity contribution in [1.29, 1.82) is 0 Å². The second-order valence-corrected chi connectivity index (χ2v) is 5.18. The molecule has 2 rings (SSSR count). The van der Waals surface area contributed by atoms with Crippen LogP contribution in [0.2, 0.25) is 0 Å². The number of hydrogen-bond donors (Lipinski definition) is 1. The van der Waals surface area contributed by atoms with Crippen molar-refractivity contribution < 1.29 is 4.79 Å². The van der Waals surface area contributed by atoms with Gasteiger partial charge in [0.1, 0.15) is 0 Å². The Balaban J connectivity index is 1.73. The van der Waals surface area contributed by atoms with Gasteiger partial charge in [0.25, 0.3) is 0 Å². The van der Waals surface area contributed by atoms with Gasteiger partial charge in [0.2, 0.25) is 0 Å².